The van der Waals surface area contributed by atoms with Crippen LogP contribution >= 0.6 is 0 Å². The summed E-state index contributed by atoms with van der Waals surface area (Å²) >= 11 is 0. The lowest BCUT2D eigenvalue weighted by Gasteiger charge is -2.26. The van der Waals surface area contributed by atoms with Crippen molar-refractivity contribution in [1.82, 2.24) is 5.32 Å². The van der Waals surface area contributed by atoms with Crippen LogP contribution in [0.4, 0.5) is 0 Å². The van der Waals surface area contributed by atoms with Gasteiger partial charge in [-0.15, -0.1) is 0 Å². The number of hydrogen-bond donors (Lipinski definition) is 4. The van der Waals surface area contributed by atoms with Gasteiger partial charge in [0.1, 0.15) is 6.10 Å². The van der Waals surface area contributed by atoms with Gasteiger partial charge < -0.3 is 20.6 Å². The maximum Gasteiger partial charge on any atom is 0.220 e. The van der Waals surface area contributed by atoms with Crippen LogP contribution in [0.1, 0.15) is 206 Å². The molecule has 0 aliphatic carbocycles. The zero-order valence-corrected chi connectivity index (χ0v) is 33.0. The Morgan fingerprint density at radius 3 is 1.34 bits per heavy atom. The van der Waals surface area contributed by atoms with Crippen LogP contribution in [0.2, 0.25) is 0 Å². The van der Waals surface area contributed by atoms with Crippen LogP contribution in [-0.4, -0.2) is 46.1 Å². The molecule has 50 heavy (non-hydrogen) atoms. The number of hydrogen-bond acceptors (Lipinski definition) is 4. The number of rotatable bonds is 38. The minimum Gasteiger partial charge on any atom is -0.394 e. The molecule has 0 spiro atoms. The van der Waals surface area contributed by atoms with Gasteiger partial charge >= 0.3 is 0 Å². The normalized spacial score (nSPS) is 14.1. The molecule has 4 N–H and O–H groups in total. The van der Waals surface area contributed by atoms with Gasteiger partial charge in [0, 0.05) is 6.42 Å². The smallest absolute Gasteiger partial charge is 0.220 e. The molecule has 0 fully saturated rings. The van der Waals surface area contributed by atoms with E-state index in [1.165, 1.54) is 135 Å². The average Bonchev–Trinajstić information content (AvgIpc) is 3.12. The molecule has 1 amide bonds. The summed E-state index contributed by atoms with van der Waals surface area (Å²) in [6.45, 7) is 4.12. The van der Waals surface area contributed by atoms with Crippen molar-refractivity contribution in [2.75, 3.05) is 6.61 Å². The Morgan fingerprint density at radius 2 is 0.880 bits per heavy atom. The lowest BCUT2D eigenvalue weighted by atomic mass is 10.0. The minimum absolute atomic E-state index is 0.227. The lowest BCUT2D eigenvalue weighted by molar-refractivity contribution is -0.124. The predicted molar refractivity (Wildman–Crippen MR) is 217 cm³/mol. The summed E-state index contributed by atoms with van der Waals surface area (Å²) in [7, 11) is 0. The van der Waals surface area contributed by atoms with Gasteiger partial charge in [-0.3, -0.25) is 4.79 Å². The Bertz CT molecular complexity index is 820. The maximum atomic E-state index is 12.3. The van der Waals surface area contributed by atoms with Crippen molar-refractivity contribution in [3.63, 3.8) is 0 Å². The highest BCUT2D eigenvalue weighted by molar-refractivity contribution is 5.76. The molecule has 0 aromatic heterocycles. The summed E-state index contributed by atoms with van der Waals surface area (Å²) < 4.78 is 0. The number of aliphatic hydroxyl groups is 3. The average molecular weight is 702 g/mol. The van der Waals surface area contributed by atoms with Crippen LogP contribution in [-0.2, 0) is 4.79 Å². The third kappa shape index (κ3) is 34.7. The summed E-state index contributed by atoms with van der Waals surface area (Å²) in [4.78, 5) is 12.3. The highest BCUT2D eigenvalue weighted by atomic mass is 16.3. The predicted octanol–water partition coefficient (Wildman–Crippen LogP) is 12.2. The van der Waals surface area contributed by atoms with Crippen LogP contribution in [0, 0.1) is 0 Å². The van der Waals surface area contributed by atoms with Gasteiger partial charge in [0.25, 0.3) is 0 Å². The van der Waals surface area contributed by atoms with Gasteiger partial charge in [-0.05, 0) is 70.6 Å². The van der Waals surface area contributed by atoms with Gasteiger partial charge in [0.2, 0.25) is 5.91 Å². The van der Waals surface area contributed by atoms with Crippen molar-refractivity contribution >= 4 is 5.91 Å². The number of nitrogens with one attached hydrogen (secondary N) is 1. The van der Waals surface area contributed by atoms with Gasteiger partial charge in [0.15, 0.2) is 0 Å². The summed E-state index contributed by atoms with van der Waals surface area (Å²) in [5.74, 6) is -0.227. The Balaban J connectivity index is 3.75. The first-order valence-corrected chi connectivity index (χ1v) is 21.4. The minimum atomic E-state index is -1.19. The Kier molecular flexibility index (Phi) is 38.7. The summed E-state index contributed by atoms with van der Waals surface area (Å²) in [6.07, 6.45) is 50.9. The highest BCUT2D eigenvalue weighted by Gasteiger charge is 2.26. The van der Waals surface area contributed by atoms with Gasteiger partial charge in [-0.2, -0.15) is 0 Å². The number of amides is 1. The summed E-state index contributed by atoms with van der Waals surface area (Å²) in [5, 5.41) is 33.4. The first kappa shape index (κ1) is 48.3. The van der Waals surface area contributed by atoms with Crippen LogP contribution < -0.4 is 5.32 Å². The molecule has 292 valence electrons. The van der Waals surface area contributed by atoms with Crippen LogP contribution in [0.3, 0.4) is 0 Å². The van der Waals surface area contributed by atoms with Crippen LogP contribution in [0.5, 0.6) is 0 Å². The van der Waals surface area contributed by atoms with Crippen molar-refractivity contribution in [1.29, 1.82) is 0 Å². The molecular formula is C45H83NO4. The molecule has 0 aromatic rings. The fourth-order valence-corrected chi connectivity index (χ4v) is 6.29. The summed E-state index contributed by atoms with van der Waals surface area (Å²) in [6, 6.07) is -0.863. The van der Waals surface area contributed by atoms with Gasteiger partial charge in [0.05, 0.1) is 18.8 Å². The van der Waals surface area contributed by atoms with Crippen molar-refractivity contribution in [2.45, 2.75) is 225 Å². The second-order valence-electron chi connectivity index (χ2n) is 14.5. The van der Waals surface area contributed by atoms with E-state index in [-0.39, 0.29) is 12.3 Å². The third-order valence-corrected chi connectivity index (χ3v) is 9.65. The van der Waals surface area contributed by atoms with Gasteiger partial charge in [-0.1, -0.05) is 178 Å². The highest BCUT2D eigenvalue weighted by Crippen LogP contribution is 2.14. The van der Waals surface area contributed by atoms with Crippen molar-refractivity contribution in [3.05, 3.63) is 48.6 Å². The molecule has 5 heteroatoms. The van der Waals surface area contributed by atoms with E-state index in [0.717, 1.165) is 38.5 Å². The van der Waals surface area contributed by atoms with E-state index in [1.807, 2.05) is 6.08 Å². The van der Waals surface area contributed by atoms with E-state index in [1.54, 1.807) is 0 Å². The molecule has 0 radical (unpaired) electrons. The molecule has 3 atom stereocenters. The molecule has 0 saturated heterocycles. The number of allylic oxidation sites excluding steroid dienone is 8. The standard InChI is InChI=1S/C45H83NO4/c1-3-5-7-9-11-13-15-17-18-19-20-21-22-23-24-25-26-28-29-31-33-35-37-39-43(48)45(50)42(41-47)46-44(49)40-38-36-34-32-30-27-16-14-12-10-8-6-4-2/h25-27,30-31,33-34,36,42-43,45,47-48,50H,3-24,28-29,32,35,37-41H2,1-2H3,(H,46,49)/b26-25+,30-27-,33-31+,36-34-. The molecule has 0 bridgehead atoms. The number of unbranched alkanes of at least 4 members (excludes halogenated alkanes) is 22. The number of carbonyl (C=O) groups is 1. The third-order valence-electron chi connectivity index (χ3n) is 9.65. The lowest BCUT2D eigenvalue weighted by Crippen LogP contribution is -2.50. The van der Waals surface area contributed by atoms with Gasteiger partial charge in [-0.25, -0.2) is 0 Å². The van der Waals surface area contributed by atoms with E-state index < -0.39 is 24.9 Å². The first-order valence-electron chi connectivity index (χ1n) is 21.4. The zero-order chi connectivity index (χ0) is 36.6. The quantitative estimate of drug-likeness (QED) is 0.0381. The van der Waals surface area contributed by atoms with Crippen molar-refractivity contribution < 1.29 is 20.1 Å². The number of aliphatic hydroxyl groups excluding tert-OH is 3. The molecular weight excluding hydrogens is 618 g/mol. The molecule has 0 aromatic carbocycles. The van der Waals surface area contributed by atoms with E-state index >= 15 is 0 Å². The molecule has 0 aliphatic rings. The molecule has 3 unspecified atom stereocenters. The van der Waals surface area contributed by atoms with Crippen LogP contribution in [0.15, 0.2) is 48.6 Å². The molecule has 0 aliphatic heterocycles. The Hall–Kier alpha value is -1.69. The number of carbonyl (C=O) groups excluding carboxylic acids is 1. The van der Waals surface area contributed by atoms with E-state index in [2.05, 4.69) is 61.7 Å². The topological polar surface area (TPSA) is 89.8 Å². The second-order valence-corrected chi connectivity index (χ2v) is 14.5. The van der Waals surface area contributed by atoms with E-state index in [0.29, 0.717) is 12.8 Å². The van der Waals surface area contributed by atoms with Crippen molar-refractivity contribution in [2.24, 2.45) is 0 Å². The Morgan fingerprint density at radius 1 is 0.500 bits per heavy atom. The fraction of sp³-hybridized carbons (Fsp3) is 0.800. The van der Waals surface area contributed by atoms with E-state index in [9.17, 15) is 20.1 Å². The molecule has 0 saturated carbocycles. The van der Waals surface area contributed by atoms with Crippen molar-refractivity contribution in [3.8, 4) is 0 Å². The second kappa shape index (κ2) is 40.1. The monoisotopic (exact) mass is 702 g/mol. The fourth-order valence-electron chi connectivity index (χ4n) is 6.29. The molecule has 0 rings (SSSR count). The molecule has 5 nitrogen and oxygen atoms in total. The largest absolute Gasteiger partial charge is 0.394 e. The first-order chi connectivity index (χ1) is 24.6. The zero-order valence-electron chi connectivity index (χ0n) is 33.0. The Labute approximate surface area is 310 Å². The summed E-state index contributed by atoms with van der Waals surface area (Å²) in [5.41, 5.74) is 0. The molecule has 0 heterocycles. The van der Waals surface area contributed by atoms with E-state index in [4.69, 9.17) is 0 Å². The maximum absolute atomic E-state index is 12.3. The SMILES string of the molecule is CCCCCCCC/C=C\C/C=C\CCC(=O)NC(CO)C(O)C(O)CCC/C=C/CC/C=C/CCCCCCCCCCCCCCCC. The van der Waals surface area contributed by atoms with Crippen LogP contribution in [0.25, 0.3) is 0 Å².